The van der Waals surface area contributed by atoms with Gasteiger partial charge in [0.1, 0.15) is 5.82 Å². The van der Waals surface area contributed by atoms with Crippen LogP contribution in [0.3, 0.4) is 0 Å². The monoisotopic (exact) mass is 314 g/mol. The summed E-state index contributed by atoms with van der Waals surface area (Å²) in [5.74, 6) is 1.09. The lowest BCUT2D eigenvalue weighted by Gasteiger charge is -2.04. The Kier molecular flexibility index (Phi) is 7.64. The van der Waals surface area contributed by atoms with E-state index in [2.05, 4.69) is 48.6 Å². The molecule has 0 atom stereocenters. The maximum Gasteiger partial charge on any atom is 0.106 e. The van der Waals surface area contributed by atoms with Gasteiger partial charge in [-0.05, 0) is 37.5 Å². The van der Waals surface area contributed by atoms with Crippen molar-refractivity contribution in [2.24, 2.45) is 7.05 Å². The van der Waals surface area contributed by atoms with Crippen molar-refractivity contribution in [2.45, 2.75) is 84.5 Å². The molecule has 0 aliphatic rings. The average Bonchev–Trinajstić information content (AvgIpc) is 2.83. The standard InChI is InChI=1S/C21H34N2/c1-4-5-6-7-8-9-10-11-12-13-14-19-15-16-21-20(17-19)22-18(2)23(21)3/h15-17H,4-14H2,1-3H3. The predicted molar refractivity (Wildman–Crippen MR) is 101 cm³/mol. The summed E-state index contributed by atoms with van der Waals surface area (Å²) in [6, 6.07) is 6.77. The Balaban J connectivity index is 1.59. The molecule has 128 valence electrons. The maximum absolute atomic E-state index is 4.64. The molecule has 0 spiro atoms. The minimum absolute atomic E-state index is 1.09. The number of benzene rings is 1. The Bertz CT molecular complexity index is 583. The van der Waals surface area contributed by atoms with Crippen LogP contribution in [0.4, 0.5) is 0 Å². The van der Waals surface area contributed by atoms with Crippen LogP contribution in [0.15, 0.2) is 18.2 Å². The molecule has 1 heterocycles. The van der Waals surface area contributed by atoms with Crippen molar-refractivity contribution >= 4 is 11.0 Å². The van der Waals surface area contributed by atoms with E-state index in [1.807, 2.05) is 0 Å². The normalized spacial score (nSPS) is 11.4. The fourth-order valence-electron chi connectivity index (χ4n) is 3.34. The molecule has 2 aromatic rings. The van der Waals surface area contributed by atoms with Crippen molar-refractivity contribution in [1.82, 2.24) is 9.55 Å². The number of aromatic nitrogens is 2. The van der Waals surface area contributed by atoms with Gasteiger partial charge in [0.05, 0.1) is 11.0 Å². The third-order valence-corrected chi connectivity index (χ3v) is 4.99. The van der Waals surface area contributed by atoms with Gasteiger partial charge in [-0.25, -0.2) is 4.98 Å². The first-order chi connectivity index (χ1) is 11.2. The van der Waals surface area contributed by atoms with Gasteiger partial charge in [-0.3, -0.25) is 0 Å². The Morgan fingerprint density at radius 1 is 0.870 bits per heavy atom. The SMILES string of the molecule is CCCCCCCCCCCCc1ccc2c(c1)nc(C)n2C. The molecule has 2 rings (SSSR count). The Morgan fingerprint density at radius 3 is 2.13 bits per heavy atom. The Morgan fingerprint density at radius 2 is 1.48 bits per heavy atom. The largest absolute Gasteiger partial charge is 0.331 e. The van der Waals surface area contributed by atoms with Crippen LogP contribution >= 0.6 is 0 Å². The Hall–Kier alpha value is -1.31. The van der Waals surface area contributed by atoms with Gasteiger partial charge >= 0.3 is 0 Å². The van der Waals surface area contributed by atoms with Crippen molar-refractivity contribution in [3.05, 3.63) is 29.6 Å². The Labute approximate surface area is 142 Å². The zero-order valence-corrected chi connectivity index (χ0v) is 15.4. The van der Waals surface area contributed by atoms with Gasteiger partial charge in [-0.15, -0.1) is 0 Å². The fraction of sp³-hybridized carbons (Fsp3) is 0.667. The highest BCUT2D eigenvalue weighted by molar-refractivity contribution is 5.76. The van der Waals surface area contributed by atoms with Crippen LogP contribution in [-0.4, -0.2) is 9.55 Å². The first-order valence-corrected chi connectivity index (χ1v) is 9.64. The van der Waals surface area contributed by atoms with Gasteiger partial charge in [0.15, 0.2) is 0 Å². The summed E-state index contributed by atoms with van der Waals surface area (Å²) in [5, 5.41) is 0. The zero-order valence-electron chi connectivity index (χ0n) is 15.4. The number of unbranched alkanes of at least 4 members (excludes halogenated alkanes) is 9. The summed E-state index contributed by atoms with van der Waals surface area (Å²) in [6.07, 6.45) is 15.2. The molecular weight excluding hydrogens is 280 g/mol. The number of fused-ring (bicyclic) bond motifs is 1. The number of hydrogen-bond acceptors (Lipinski definition) is 1. The van der Waals surface area contributed by atoms with E-state index in [1.165, 1.54) is 81.7 Å². The topological polar surface area (TPSA) is 17.8 Å². The van der Waals surface area contributed by atoms with Crippen LogP contribution in [0.5, 0.6) is 0 Å². The molecule has 0 unspecified atom stereocenters. The summed E-state index contributed by atoms with van der Waals surface area (Å²) in [6.45, 7) is 4.36. The van der Waals surface area contributed by atoms with Crippen LogP contribution in [0, 0.1) is 6.92 Å². The van der Waals surface area contributed by atoms with Gasteiger partial charge in [-0.2, -0.15) is 0 Å². The van der Waals surface area contributed by atoms with Crippen molar-refractivity contribution < 1.29 is 0 Å². The summed E-state index contributed by atoms with van der Waals surface area (Å²) < 4.78 is 2.17. The lowest BCUT2D eigenvalue weighted by atomic mass is 10.0. The molecule has 23 heavy (non-hydrogen) atoms. The van der Waals surface area contributed by atoms with Crippen LogP contribution in [-0.2, 0) is 13.5 Å². The predicted octanol–water partition coefficient (Wildman–Crippen LogP) is 6.35. The van der Waals surface area contributed by atoms with E-state index < -0.39 is 0 Å². The third-order valence-electron chi connectivity index (χ3n) is 4.99. The first-order valence-electron chi connectivity index (χ1n) is 9.64. The van der Waals surface area contributed by atoms with Gasteiger partial charge in [0, 0.05) is 7.05 Å². The van der Waals surface area contributed by atoms with Crippen molar-refractivity contribution in [3.8, 4) is 0 Å². The first kappa shape index (κ1) is 18.0. The lowest BCUT2D eigenvalue weighted by Crippen LogP contribution is -1.90. The summed E-state index contributed by atoms with van der Waals surface area (Å²) in [4.78, 5) is 4.64. The molecule has 1 aromatic heterocycles. The van der Waals surface area contributed by atoms with Gasteiger partial charge in [0.25, 0.3) is 0 Å². The van der Waals surface area contributed by atoms with Crippen molar-refractivity contribution in [2.75, 3.05) is 0 Å². The minimum Gasteiger partial charge on any atom is -0.331 e. The van der Waals surface area contributed by atoms with Gasteiger partial charge < -0.3 is 4.57 Å². The molecule has 1 aromatic carbocycles. The van der Waals surface area contributed by atoms with Crippen LogP contribution in [0.2, 0.25) is 0 Å². The summed E-state index contributed by atoms with van der Waals surface area (Å²) in [5.41, 5.74) is 3.83. The molecule has 2 heteroatoms. The fourth-order valence-corrected chi connectivity index (χ4v) is 3.34. The summed E-state index contributed by atoms with van der Waals surface area (Å²) in [7, 11) is 2.09. The van der Waals surface area contributed by atoms with E-state index in [1.54, 1.807) is 0 Å². The molecule has 0 amide bonds. The molecule has 2 nitrogen and oxygen atoms in total. The van der Waals surface area contributed by atoms with E-state index in [9.17, 15) is 0 Å². The highest BCUT2D eigenvalue weighted by Crippen LogP contribution is 2.18. The van der Waals surface area contributed by atoms with Crippen LogP contribution < -0.4 is 0 Å². The molecular formula is C21H34N2. The minimum atomic E-state index is 1.09. The lowest BCUT2D eigenvalue weighted by molar-refractivity contribution is 0.556. The number of nitrogens with zero attached hydrogens (tertiary/aromatic N) is 2. The average molecular weight is 315 g/mol. The van der Waals surface area contributed by atoms with Crippen molar-refractivity contribution in [3.63, 3.8) is 0 Å². The van der Waals surface area contributed by atoms with E-state index in [0.29, 0.717) is 0 Å². The molecule has 0 N–H and O–H groups in total. The van der Waals surface area contributed by atoms with E-state index in [-0.39, 0.29) is 0 Å². The zero-order chi connectivity index (χ0) is 16.5. The number of imidazole rings is 1. The van der Waals surface area contributed by atoms with E-state index in [4.69, 9.17) is 0 Å². The molecule has 0 saturated heterocycles. The number of aryl methyl sites for hydroxylation is 3. The summed E-state index contributed by atoms with van der Waals surface area (Å²) >= 11 is 0. The molecule has 0 saturated carbocycles. The number of rotatable bonds is 11. The smallest absolute Gasteiger partial charge is 0.106 e. The highest BCUT2D eigenvalue weighted by Gasteiger charge is 2.04. The molecule has 0 aliphatic heterocycles. The molecule has 0 bridgehead atoms. The van der Waals surface area contributed by atoms with Crippen LogP contribution in [0.25, 0.3) is 11.0 Å². The molecule has 0 radical (unpaired) electrons. The molecule has 0 fully saturated rings. The quantitative estimate of drug-likeness (QED) is 0.442. The van der Waals surface area contributed by atoms with Crippen LogP contribution in [0.1, 0.15) is 82.5 Å². The second-order valence-electron chi connectivity index (χ2n) is 6.97. The van der Waals surface area contributed by atoms with E-state index in [0.717, 1.165) is 11.3 Å². The highest BCUT2D eigenvalue weighted by atomic mass is 15.0. The van der Waals surface area contributed by atoms with Gasteiger partial charge in [0.2, 0.25) is 0 Å². The third kappa shape index (κ3) is 5.67. The number of hydrogen-bond donors (Lipinski definition) is 0. The van der Waals surface area contributed by atoms with E-state index >= 15 is 0 Å². The molecule has 0 aliphatic carbocycles. The maximum atomic E-state index is 4.64. The van der Waals surface area contributed by atoms with Gasteiger partial charge in [-0.1, -0.05) is 70.8 Å². The second kappa shape index (κ2) is 9.75. The van der Waals surface area contributed by atoms with Crippen molar-refractivity contribution in [1.29, 1.82) is 0 Å². The second-order valence-corrected chi connectivity index (χ2v) is 6.97.